The quantitative estimate of drug-likeness (QED) is 0.547. The molecule has 2 aromatic carbocycles. The molecule has 3 aromatic rings. The molecule has 29 heavy (non-hydrogen) atoms. The molecule has 0 aliphatic heterocycles. The maximum atomic E-state index is 13.2. The lowest BCUT2D eigenvalue weighted by atomic mass is 10.0. The summed E-state index contributed by atoms with van der Waals surface area (Å²) in [5, 5.41) is 0. The first-order chi connectivity index (χ1) is 13.8. The van der Waals surface area contributed by atoms with E-state index in [9.17, 15) is 17.6 Å². The molecule has 0 unspecified atom stereocenters. The van der Waals surface area contributed by atoms with Crippen LogP contribution in [0.4, 0.5) is 4.39 Å². The molecule has 1 heterocycles. The third-order valence-corrected chi connectivity index (χ3v) is 5.14. The zero-order chi connectivity index (χ0) is 20.9. The van der Waals surface area contributed by atoms with Crippen LogP contribution in [0.2, 0.25) is 0 Å². The molecule has 0 aliphatic rings. The van der Waals surface area contributed by atoms with Crippen LogP contribution in [0.5, 0.6) is 0 Å². The van der Waals surface area contributed by atoms with Crippen LogP contribution in [0.15, 0.2) is 73.1 Å². The summed E-state index contributed by atoms with van der Waals surface area (Å²) < 4.78 is 35.9. The van der Waals surface area contributed by atoms with Gasteiger partial charge in [-0.15, -0.1) is 0 Å². The smallest absolute Gasteiger partial charge is 0.160 e. The molecule has 0 radical (unpaired) electrons. The SMILES string of the molecule is CS(=O)(=O)Cc1ccc(CC(=O)/C=C/c2cnccc2-c2ccc(F)cc2)cc1. The Balaban J connectivity index is 1.71. The van der Waals surface area contributed by atoms with Crippen molar-refractivity contribution >= 4 is 21.7 Å². The van der Waals surface area contributed by atoms with E-state index in [0.717, 1.165) is 22.3 Å². The highest BCUT2D eigenvalue weighted by Gasteiger charge is 2.07. The summed E-state index contributed by atoms with van der Waals surface area (Å²) in [5.41, 5.74) is 3.95. The normalized spacial score (nSPS) is 11.7. The molecule has 0 N–H and O–H groups in total. The average Bonchev–Trinajstić information content (AvgIpc) is 2.68. The van der Waals surface area contributed by atoms with Gasteiger partial charge in [-0.25, -0.2) is 12.8 Å². The molecule has 0 atom stereocenters. The Hall–Kier alpha value is -3.12. The van der Waals surface area contributed by atoms with E-state index in [1.54, 1.807) is 54.9 Å². The molecule has 0 aliphatic carbocycles. The Morgan fingerprint density at radius 1 is 1.00 bits per heavy atom. The van der Waals surface area contributed by atoms with Gasteiger partial charge in [-0.1, -0.05) is 36.4 Å². The topological polar surface area (TPSA) is 64.1 Å². The second-order valence-corrected chi connectivity index (χ2v) is 8.97. The number of benzene rings is 2. The summed E-state index contributed by atoms with van der Waals surface area (Å²) in [6, 6.07) is 14.9. The van der Waals surface area contributed by atoms with Crippen LogP contribution < -0.4 is 0 Å². The molecule has 0 bridgehead atoms. The van der Waals surface area contributed by atoms with Crippen LogP contribution in [-0.2, 0) is 26.8 Å². The van der Waals surface area contributed by atoms with Gasteiger partial charge in [-0.05, 0) is 52.6 Å². The van der Waals surface area contributed by atoms with Crippen LogP contribution in [0.3, 0.4) is 0 Å². The number of hydrogen-bond acceptors (Lipinski definition) is 4. The van der Waals surface area contributed by atoms with Gasteiger partial charge in [0, 0.05) is 30.6 Å². The second kappa shape index (κ2) is 8.92. The van der Waals surface area contributed by atoms with Gasteiger partial charge in [-0.3, -0.25) is 9.78 Å². The number of ketones is 1. The highest BCUT2D eigenvalue weighted by molar-refractivity contribution is 7.89. The number of carbonyl (C=O) groups is 1. The van der Waals surface area contributed by atoms with E-state index in [0.29, 0.717) is 5.56 Å². The fourth-order valence-corrected chi connectivity index (χ4v) is 3.73. The number of nitrogens with zero attached hydrogens (tertiary/aromatic N) is 1. The lowest BCUT2D eigenvalue weighted by Crippen LogP contribution is -2.02. The Morgan fingerprint density at radius 3 is 2.31 bits per heavy atom. The fourth-order valence-electron chi connectivity index (χ4n) is 2.93. The molecular weight excluding hydrogens is 389 g/mol. The van der Waals surface area contributed by atoms with Crippen molar-refractivity contribution in [1.82, 2.24) is 4.98 Å². The van der Waals surface area contributed by atoms with Crippen LogP contribution in [0, 0.1) is 5.82 Å². The van der Waals surface area contributed by atoms with Gasteiger partial charge < -0.3 is 0 Å². The summed E-state index contributed by atoms with van der Waals surface area (Å²) >= 11 is 0. The van der Waals surface area contributed by atoms with Crippen LogP contribution in [-0.4, -0.2) is 25.4 Å². The maximum Gasteiger partial charge on any atom is 0.160 e. The summed E-state index contributed by atoms with van der Waals surface area (Å²) in [4.78, 5) is 16.4. The number of halogens is 1. The summed E-state index contributed by atoms with van der Waals surface area (Å²) in [5.74, 6) is -0.415. The monoisotopic (exact) mass is 409 g/mol. The van der Waals surface area contributed by atoms with Crippen LogP contribution in [0.25, 0.3) is 17.2 Å². The van der Waals surface area contributed by atoms with Gasteiger partial charge in [0.2, 0.25) is 0 Å². The van der Waals surface area contributed by atoms with Crippen molar-refractivity contribution in [1.29, 1.82) is 0 Å². The number of carbonyl (C=O) groups excluding carboxylic acids is 1. The molecule has 0 fully saturated rings. The van der Waals surface area contributed by atoms with E-state index in [1.165, 1.54) is 24.5 Å². The van der Waals surface area contributed by atoms with E-state index in [1.807, 2.05) is 6.07 Å². The second-order valence-electron chi connectivity index (χ2n) is 6.83. The van der Waals surface area contributed by atoms with Crippen molar-refractivity contribution < 1.29 is 17.6 Å². The van der Waals surface area contributed by atoms with Crippen molar-refractivity contribution in [2.24, 2.45) is 0 Å². The minimum absolute atomic E-state index is 0.0195. The molecule has 3 rings (SSSR count). The molecule has 4 nitrogen and oxygen atoms in total. The van der Waals surface area contributed by atoms with Crippen molar-refractivity contribution in [2.45, 2.75) is 12.2 Å². The highest BCUT2D eigenvalue weighted by Crippen LogP contribution is 2.24. The number of aromatic nitrogens is 1. The van der Waals surface area contributed by atoms with Crippen molar-refractivity contribution in [3.63, 3.8) is 0 Å². The minimum Gasteiger partial charge on any atom is -0.294 e. The van der Waals surface area contributed by atoms with Crippen molar-refractivity contribution in [3.05, 3.63) is 95.6 Å². The molecule has 6 heteroatoms. The predicted octanol–water partition coefficient (Wildman–Crippen LogP) is 4.26. The summed E-state index contributed by atoms with van der Waals surface area (Å²) in [6.07, 6.45) is 7.90. The van der Waals surface area contributed by atoms with Gasteiger partial charge in [-0.2, -0.15) is 0 Å². The molecule has 1 aromatic heterocycles. The van der Waals surface area contributed by atoms with E-state index in [2.05, 4.69) is 4.98 Å². The predicted molar refractivity (Wildman–Crippen MR) is 112 cm³/mol. The van der Waals surface area contributed by atoms with Crippen molar-refractivity contribution in [2.75, 3.05) is 6.26 Å². The first kappa shape index (κ1) is 20.6. The zero-order valence-electron chi connectivity index (χ0n) is 15.9. The van der Waals surface area contributed by atoms with Gasteiger partial charge in [0.15, 0.2) is 15.6 Å². The molecule has 0 amide bonds. The average molecular weight is 409 g/mol. The van der Waals surface area contributed by atoms with Gasteiger partial charge in [0.05, 0.1) is 5.75 Å². The van der Waals surface area contributed by atoms with Gasteiger partial charge in [0.25, 0.3) is 0 Å². The number of rotatable bonds is 7. The third kappa shape index (κ3) is 6.19. The van der Waals surface area contributed by atoms with Crippen molar-refractivity contribution in [3.8, 4) is 11.1 Å². The van der Waals surface area contributed by atoms with E-state index < -0.39 is 9.84 Å². The van der Waals surface area contributed by atoms with E-state index >= 15 is 0 Å². The Labute approximate surface area is 169 Å². The van der Waals surface area contributed by atoms with Crippen LogP contribution >= 0.6 is 0 Å². The van der Waals surface area contributed by atoms with E-state index in [-0.39, 0.29) is 23.8 Å². The molecule has 0 saturated carbocycles. The lowest BCUT2D eigenvalue weighted by Gasteiger charge is -2.06. The Morgan fingerprint density at radius 2 is 1.66 bits per heavy atom. The third-order valence-electron chi connectivity index (χ3n) is 4.29. The largest absolute Gasteiger partial charge is 0.294 e. The Kier molecular flexibility index (Phi) is 6.34. The van der Waals surface area contributed by atoms with E-state index in [4.69, 9.17) is 0 Å². The Bertz CT molecular complexity index is 1140. The lowest BCUT2D eigenvalue weighted by molar-refractivity contribution is -0.113. The van der Waals surface area contributed by atoms with Gasteiger partial charge >= 0.3 is 0 Å². The highest BCUT2D eigenvalue weighted by atomic mass is 32.2. The molecule has 0 spiro atoms. The summed E-state index contributed by atoms with van der Waals surface area (Å²) in [6.45, 7) is 0. The molecule has 148 valence electrons. The first-order valence-electron chi connectivity index (χ1n) is 8.96. The zero-order valence-corrected chi connectivity index (χ0v) is 16.7. The molecule has 0 saturated heterocycles. The van der Waals surface area contributed by atoms with Gasteiger partial charge in [0.1, 0.15) is 5.82 Å². The molecular formula is C23H20FNO3S. The first-order valence-corrected chi connectivity index (χ1v) is 11.0. The number of sulfone groups is 1. The summed E-state index contributed by atoms with van der Waals surface area (Å²) in [7, 11) is -3.09. The standard InChI is InChI=1S/C23H20FNO3S/c1-29(27,28)16-18-4-2-17(3-5-18)14-22(26)11-8-20-15-25-13-12-23(20)19-6-9-21(24)10-7-19/h2-13,15H,14,16H2,1H3/b11-8+. The minimum atomic E-state index is -3.09. The number of hydrogen-bond donors (Lipinski definition) is 0. The maximum absolute atomic E-state index is 13.2. The number of allylic oxidation sites excluding steroid dienone is 1. The fraction of sp³-hybridized carbons (Fsp3) is 0.130. The van der Waals surface area contributed by atoms with Crippen LogP contribution in [0.1, 0.15) is 16.7 Å². The number of pyridine rings is 1.